The number of hydrogen-bond acceptors (Lipinski definition) is 4. The third-order valence-corrected chi connectivity index (χ3v) is 1.66. The number of carbonyl (C=O) groups is 3. The van der Waals surface area contributed by atoms with Gasteiger partial charge >= 0.3 is 5.97 Å². The molecular weight excluding hydrogens is 186 g/mol. The van der Waals surface area contributed by atoms with Gasteiger partial charge in [-0.2, -0.15) is 0 Å². The predicted octanol–water partition coefficient (Wildman–Crippen LogP) is -0.0134. The van der Waals surface area contributed by atoms with E-state index in [0.29, 0.717) is 0 Å². The van der Waals surface area contributed by atoms with E-state index in [1.807, 2.05) is 0 Å². The van der Waals surface area contributed by atoms with Gasteiger partial charge in [0.2, 0.25) is 0 Å². The van der Waals surface area contributed by atoms with E-state index in [9.17, 15) is 14.4 Å². The Hall–Kier alpha value is -1.91. The second kappa shape index (κ2) is 3.87. The Labute approximate surface area is 80.6 Å². The molecule has 0 radical (unpaired) electrons. The highest BCUT2D eigenvalue weighted by Crippen LogP contribution is 2.09. The van der Waals surface area contributed by atoms with Crippen molar-refractivity contribution in [3.8, 4) is 0 Å². The van der Waals surface area contributed by atoms with Crippen molar-refractivity contribution in [2.45, 2.75) is 13.2 Å². The molecule has 0 N–H and O–H groups in total. The van der Waals surface area contributed by atoms with Crippen LogP contribution in [0.1, 0.15) is 6.92 Å². The monoisotopic (exact) mass is 195 g/mol. The average Bonchev–Trinajstić information content (AvgIpc) is 2.46. The Morgan fingerprint density at radius 3 is 2.43 bits per heavy atom. The van der Waals surface area contributed by atoms with Gasteiger partial charge in [0.15, 0.2) is 6.23 Å². The Morgan fingerprint density at radius 2 is 2.00 bits per heavy atom. The smallest absolute Gasteiger partial charge is 0.332 e. The molecule has 0 aromatic rings. The molecule has 74 valence electrons. The highest BCUT2D eigenvalue weighted by atomic mass is 16.6. The maximum atomic E-state index is 11.1. The van der Waals surface area contributed by atoms with E-state index in [-0.39, 0.29) is 0 Å². The van der Waals surface area contributed by atoms with Crippen LogP contribution in [-0.2, 0) is 19.1 Å². The van der Waals surface area contributed by atoms with Gasteiger partial charge in [-0.05, 0) is 6.92 Å². The highest BCUT2D eigenvalue weighted by Gasteiger charge is 2.30. The maximum absolute atomic E-state index is 11.1. The summed E-state index contributed by atoms with van der Waals surface area (Å²) in [5.74, 6) is -1.65. The molecule has 0 saturated carbocycles. The summed E-state index contributed by atoms with van der Waals surface area (Å²) < 4.78 is 4.71. The summed E-state index contributed by atoms with van der Waals surface area (Å²) >= 11 is 0. The van der Waals surface area contributed by atoms with Crippen LogP contribution in [0.4, 0.5) is 0 Å². The molecule has 0 aromatic carbocycles. The predicted molar refractivity (Wildman–Crippen MR) is 46.7 cm³/mol. The van der Waals surface area contributed by atoms with Crippen molar-refractivity contribution in [2.75, 3.05) is 0 Å². The standard InChI is InChI=1S/C9H9NO4/c1-3-9(13)14-6(2)10-7(11)4-5-8(10)12/h3-6H,1H2,2H3. The first-order valence-electron chi connectivity index (χ1n) is 3.94. The lowest BCUT2D eigenvalue weighted by Gasteiger charge is -2.21. The highest BCUT2D eigenvalue weighted by molar-refractivity contribution is 6.13. The van der Waals surface area contributed by atoms with Crippen LogP contribution in [0.3, 0.4) is 0 Å². The summed E-state index contributed by atoms with van der Waals surface area (Å²) in [6.07, 6.45) is 2.31. The molecule has 0 aromatic heterocycles. The third kappa shape index (κ3) is 1.87. The zero-order valence-electron chi connectivity index (χ0n) is 7.60. The molecule has 0 spiro atoms. The minimum atomic E-state index is -0.907. The van der Waals surface area contributed by atoms with Gasteiger partial charge in [-0.1, -0.05) is 6.58 Å². The molecule has 1 heterocycles. The van der Waals surface area contributed by atoms with E-state index < -0.39 is 24.0 Å². The summed E-state index contributed by atoms with van der Waals surface area (Å²) in [6, 6.07) is 0. The quantitative estimate of drug-likeness (QED) is 0.361. The Kier molecular flexibility index (Phi) is 2.81. The molecular formula is C9H9NO4. The summed E-state index contributed by atoms with van der Waals surface area (Å²) in [6.45, 7) is 4.63. The SMILES string of the molecule is C=CC(=O)OC(C)N1C(=O)C=CC1=O. The molecule has 1 aliphatic heterocycles. The molecule has 0 bridgehead atoms. The van der Waals surface area contributed by atoms with E-state index >= 15 is 0 Å². The van der Waals surface area contributed by atoms with E-state index in [2.05, 4.69) is 6.58 Å². The van der Waals surface area contributed by atoms with Gasteiger partial charge in [0, 0.05) is 18.2 Å². The molecule has 0 saturated heterocycles. The molecule has 5 nitrogen and oxygen atoms in total. The van der Waals surface area contributed by atoms with Crippen molar-refractivity contribution in [3.63, 3.8) is 0 Å². The number of carbonyl (C=O) groups excluding carboxylic acids is 3. The van der Waals surface area contributed by atoms with E-state index in [1.54, 1.807) is 0 Å². The zero-order valence-corrected chi connectivity index (χ0v) is 7.60. The summed E-state index contributed by atoms with van der Waals surface area (Å²) in [7, 11) is 0. The van der Waals surface area contributed by atoms with Crippen LogP contribution >= 0.6 is 0 Å². The molecule has 1 rings (SSSR count). The van der Waals surface area contributed by atoms with Gasteiger partial charge in [-0.15, -0.1) is 0 Å². The van der Waals surface area contributed by atoms with Gasteiger partial charge in [0.1, 0.15) is 0 Å². The van der Waals surface area contributed by atoms with Gasteiger partial charge in [0.05, 0.1) is 0 Å². The number of hydrogen-bond donors (Lipinski definition) is 0. The van der Waals surface area contributed by atoms with Crippen molar-refractivity contribution in [1.29, 1.82) is 0 Å². The average molecular weight is 195 g/mol. The van der Waals surface area contributed by atoms with Crippen LogP contribution in [0.2, 0.25) is 0 Å². The number of ether oxygens (including phenoxy) is 1. The van der Waals surface area contributed by atoms with Crippen molar-refractivity contribution >= 4 is 17.8 Å². The van der Waals surface area contributed by atoms with Crippen molar-refractivity contribution in [1.82, 2.24) is 4.90 Å². The molecule has 0 fully saturated rings. The Morgan fingerprint density at radius 1 is 1.50 bits per heavy atom. The second-order valence-corrected chi connectivity index (χ2v) is 2.62. The first-order chi connectivity index (χ1) is 6.56. The number of rotatable bonds is 3. The normalized spacial score (nSPS) is 17.1. The van der Waals surface area contributed by atoms with E-state index in [1.165, 1.54) is 6.92 Å². The molecule has 1 atom stereocenters. The fraction of sp³-hybridized carbons (Fsp3) is 0.222. The molecule has 0 aliphatic carbocycles. The lowest BCUT2D eigenvalue weighted by molar-refractivity contribution is -0.160. The summed E-state index contributed by atoms with van der Waals surface area (Å²) in [5, 5.41) is 0. The topological polar surface area (TPSA) is 63.7 Å². The lowest BCUT2D eigenvalue weighted by Crippen LogP contribution is -2.40. The molecule has 1 unspecified atom stereocenters. The van der Waals surface area contributed by atoms with Crippen molar-refractivity contribution in [3.05, 3.63) is 24.8 Å². The van der Waals surface area contributed by atoms with E-state index in [4.69, 9.17) is 4.74 Å². The molecule has 1 aliphatic rings. The summed E-state index contributed by atoms with van der Waals surface area (Å²) in [4.78, 5) is 33.8. The number of amides is 2. The van der Waals surface area contributed by atoms with Crippen LogP contribution in [0.25, 0.3) is 0 Å². The lowest BCUT2D eigenvalue weighted by atomic mass is 10.5. The van der Waals surface area contributed by atoms with Gasteiger partial charge in [0.25, 0.3) is 11.8 Å². The minimum Gasteiger partial charge on any atom is -0.438 e. The first-order valence-corrected chi connectivity index (χ1v) is 3.94. The fourth-order valence-corrected chi connectivity index (χ4v) is 1.04. The van der Waals surface area contributed by atoms with E-state index in [0.717, 1.165) is 23.1 Å². The Balaban J connectivity index is 2.65. The zero-order chi connectivity index (χ0) is 10.7. The summed E-state index contributed by atoms with van der Waals surface area (Å²) in [5.41, 5.74) is 0. The second-order valence-electron chi connectivity index (χ2n) is 2.62. The Bertz CT molecular complexity index is 314. The first kappa shape index (κ1) is 10.2. The van der Waals surface area contributed by atoms with Gasteiger partial charge in [-0.3, -0.25) is 9.59 Å². The van der Waals surface area contributed by atoms with Crippen LogP contribution in [0.15, 0.2) is 24.8 Å². The van der Waals surface area contributed by atoms with Crippen molar-refractivity contribution < 1.29 is 19.1 Å². The van der Waals surface area contributed by atoms with Crippen LogP contribution in [0, 0.1) is 0 Å². The number of imide groups is 1. The molecule has 5 heteroatoms. The van der Waals surface area contributed by atoms with Gasteiger partial charge in [-0.25, -0.2) is 9.69 Å². The fourth-order valence-electron chi connectivity index (χ4n) is 1.04. The van der Waals surface area contributed by atoms with Crippen LogP contribution in [0.5, 0.6) is 0 Å². The maximum Gasteiger partial charge on any atom is 0.332 e. The number of nitrogens with zero attached hydrogens (tertiary/aromatic N) is 1. The minimum absolute atomic E-state index is 0.487. The third-order valence-electron chi connectivity index (χ3n) is 1.66. The molecule has 2 amide bonds. The number of esters is 1. The van der Waals surface area contributed by atoms with Crippen LogP contribution in [-0.4, -0.2) is 28.9 Å². The largest absolute Gasteiger partial charge is 0.438 e. The van der Waals surface area contributed by atoms with Crippen molar-refractivity contribution in [2.24, 2.45) is 0 Å². The molecule has 14 heavy (non-hydrogen) atoms. The van der Waals surface area contributed by atoms with Gasteiger partial charge < -0.3 is 4.74 Å². The van der Waals surface area contributed by atoms with Crippen LogP contribution < -0.4 is 0 Å².